The lowest BCUT2D eigenvalue weighted by molar-refractivity contribution is -0.123. The summed E-state index contributed by atoms with van der Waals surface area (Å²) in [7, 11) is 0. The molecule has 0 spiro atoms. The first-order valence-corrected chi connectivity index (χ1v) is 8.35. The zero-order chi connectivity index (χ0) is 17.7. The molecule has 0 aliphatic rings. The van der Waals surface area contributed by atoms with Crippen LogP contribution < -0.4 is 15.6 Å². The molecule has 2 amide bonds. The smallest absolute Gasteiger partial charge is 0.276 e. The van der Waals surface area contributed by atoms with Gasteiger partial charge in [-0.3, -0.25) is 20.4 Å². The molecular formula is C16H13BrCl2N2O3. The van der Waals surface area contributed by atoms with Gasteiger partial charge in [0.2, 0.25) is 0 Å². The first-order chi connectivity index (χ1) is 11.4. The molecule has 2 aromatic rings. The van der Waals surface area contributed by atoms with E-state index in [1.807, 2.05) is 19.1 Å². The Morgan fingerprint density at radius 1 is 1.12 bits per heavy atom. The first-order valence-electron chi connectivity index (χ1n) is 6.80. The van der Waals surface area contributed by atoms with Crippen LogP contribution in [0.3, 0.4) is 0 Å². The molecule has 2 aromatic carbocycles. The Hall–Kier alpha value is -1.76. The second kappa shape index (κ2) is 8.37. The molecule has 0 aromatic heterocycles. The molecule has 8 heteroatoms. The molecule has 0 atom stereocenters. The summed E-state index contributed by atoms with van der Waals surface area (Å²) >= 11 is 15.0. The average molecular weight is 432 g/mol. The van der Waals surface area contributed by atoms with Crippen LogP contribution in [-0.4, -0.2) is 18.4 Å². The summed E-state index contributed by atoms with van der Waals surface area (Å²) in [6.07, 6.45) is 0. The molecule has 0 radical (unpaired) electrons. The number of hydrogen-bond acceptors (Lipinski definition) is 3. The molecule has 0 heterocycles. The number of halogens is 3. The van der Waals surface area contributed by atoms with Crippen LogP contribution in [0.15, 0.2) is 40.9 Å². The number of hydrogen-bond donors (Lipinski definition) is 2. The Morgan fingerprint density at radius 2 is 1.88 bits per heavy atom. The molecule has 0 bridgehead atoms. The third-order valence-corrected chi connectivity index (χ3v) is 4.03. The predicted molar refractivity (Wildman–Crippen MR) is 96.4 cm³/mol. The van der Waals surface area contributed by atoms with Gasteiger partial charge in [-0.25, -0.2) is 0 Å². The number of benzene rings is 2. The lowest BCUT2D eigenvalue weighted by Crippen LogP contribution is -2.43. The van der Waals surface area contributed by atoms with Crippen LogP contribution in [0.25, 0.3) is 0 Å². The zero-order valence-electron chi connectivity index (χ0n) is 12.5. The molecule has 0 saturated carbocycles. The number of carbonyl (C=O) groups is 2. The third-order valence-electron chi connectivity index (χ3n) is 2.99. The Balaban J connectivity index is 1.85. The van der Waals surface area contributed by atoms with Crippen LogP contribution in [0.1, 0.15) is 15.9 Å². The van der Waals surface area contributed by atoms with E-state index in [4.69, 9.17) is 27.9 Å². The van der Waals surface area contributed by atoms with E-state index in [1.165, 1.54) is 18.2 Å². The van der Waals surface area contributed by atoms with Gasteiger partial charge in [-0.15, -0.1) is 0 Å². The van der Waals surface area contributed by atoms with Crippen LogP contribution in [0.5, 0.6) is 5.75 Å². The van der Waals surface area contributed by atoms with E-state index in [2.05, 4.69) is 26.8 Å². The summed E-state index contributed by atoms with van der Waals surface area (Å²) in [6.45, 7) is 1.62. The molecule has 2 N–H and O–H groups in total. The van der Waals surface area contributed by atoms with Crippen LogP contribution >= 0.6 is 39.1 Å². The van der Waals surface area contributed by atoms with E-state index in [0.717, 1.165) is 10.0 Å². The Labute approximate surface area is 157 Å². The van der Waals surface area contributed by atoms with E-state index < -0.39 is 11.8 Å². The van der Waals surface area contributed by atoms with E-state index >= 15 is 0 Å². The standard InChI is InChI=1S/C16H13BrCl2N2O3/c1-9-6-10(17)2-5-14(9)24-8-15(22)20-21-16(23)12-4-3-11(18)7-13(12)19/h2-7H,8H2,1H3,(H,20,22)(H,21,23). The maximum absolute atomic E-state index is 11.9. The van der Waals surface area contributed by atoms with Gasteiger partial charge in [0.25, 0.3) is 11.8 Å². The fourth-order valence-electron chi connectivity index (χ4n) is 1.82. The van der Waals surface area contributed by atoms with Gasteiger partial charge in [0.1, 0.15) is 5.75 Å². The highest BCUT2D eigenvalue weighted by molar-refractivity contribution is 9.10. The van der Waals surface area contributed by atoms with Gasteiger partial charge in [-0.05, 0) is 48.9 Å². The lowest BCUT2D eigenvalue weighted by Gasteiger charge is -2.11. The zero-order valence-corrected chi connectivity index (χ0v) is 15.6. The van der Waals surface area contributed by atoms with Crippen molar-refractivity contribution in [3.63, 3.8) is 0 Å². The van der Waals surface area contributed by atoms with Crippen LogP contribution in [0.4, 0.5) is 0 Å². The van der Waals surface area contributed by atoms with Gasteiger partial charge in [-0.2, -0.15) is 0 Å². The number of aryl methyl sites for hydroxylation is 1. The number of ether oxygens (including phenoxy) is 1. The minimum atomic E-state index is -0.551. The lowest BCUT2D eigenvalue weighted by atomic mass is 10.2. The van der Waals surface area contributed by atoms with Crippen molar-refractivity contribution in [1.82, 2.24) is 10.9 Å². The number of nitrogens with one attached hydrogen (secondary N) is 2. The topological polar surface area (TPSA) is 67.4 Å². The van der Waals surface area contributed by atoms with E-state index in [-0.39, 0.29) is 17.2 Å². The van der Waals surface area contributed by atoms with Crippen molar-refractivity contribution >= 4 is 50.9 Å². The Bertz CT molecular complexity index is 784. The monoisotopic (exact) mass is 430 g/mol. The quantitative estimate of drug-likeness (QED) is 0.721. The Kier molecular flexibility index (Phi) is 6.48. The third kappa shape index (κ3) is 5.12. The molecule has 0 fully saturated rings. The summed E-state index contributed by atoms with van der Waals surface area (Å²) in [5.41, 5.74) is 5.61. The maximum atomic E-state index is 11.9. The van der Waals surface area contributed by atoms with E-state index in [9.17, 15) is 9.59 Å². The van der Waals surface area contributed by atoms with Crippen molar-refractivity contribution in [3.05, 3.63) is 62.0 Å². The molecule has 0 aliphatic heterocycles. The highest BCUT2D eigenvalue weighted by Crippen LogP contribution is 2.22. The summed E-state index contributed by atoms with van der Waals surface area (Å²) in [6, 6.07) is 9.87. The van der Waals surface area contributed by atoms with Crippen LogP contribution in [-0.2, 0) is 4.79 Å². The van der Waals surface area contributed by atoms with Crippen molar-refractivity contribution in [3.8, 4) is 5.75 Å². The Morgan fingerprint density at radius 3 is 2.54 bits per heavy atom. The highest BCUT2D eigenvalue weighted by Gasteiger charge is 2.12. The average Bonchev–Trinajstić information content (AvgIpc) is 2.51. The molecular weight excluding hydrogens is 419 g/mol. The largest absolute Gasteiger partial charge is 0.483 e. The SMILES string of the molecule is Cc1cc(Br)ccc1OCC(=O)NNC(=O)c1ccc(Cl)cc1Cl. The van der Waals surface area contributed by atoms with Gasteiger partial charge in [0, 0.05) is 9.50 Å². The first kappa shape index (κ1) is 18.6. The number of rotatable bonds is 4. The van der Waals surface area contributed by atoms with Gasteiger partial charge in [-0.1, -0.05) is 39.1 Å². The second-order valence-corrected chi connectivity index (χ2v) is 6.58. The summed E-state index contributed by atoms with van der Waals surface area (Å²) in [5, 5.41) is 0.606. The van der Waals surface area contributed by atoms with Gasteiger partial charge < -0.3 is 4.74 Å². The minimum absolute atomic E-state index is 0.191. The van der Waals surface area contributed by atoms with Gasteiger partial charge in [0.15, 0.2) is 6.61 Å². The van der Waals surface area contributed by atoms with Crippen LogP contribution in [0.2, 0.25) is 10.0 Å². The molecule has 24 heavy (non-hydrogen) atoms. The summed E-state index contributed by atoms with van der Waals surface area (Å²) in [5.74, 6) is -0.471. The maximum Gasteiger partial charge on any atom is 0.276 e. The normalized spacial score (nSPS) is 10.2. The van der Waals surface area contributed by atoms with Gasteiger partial charge in [0.05, 0.1) is 10.6 Å². The highest BCUT2D eigenvalue weighted by atomic mass is 79.9. The van der Waals surface area contributed by atoms with Crippen molar-refractivity contribution in [2.75, 3.05) is 6.61 Å². The fraction of sp³-hybridized carbons (Fsp3) is 0.125. The summed E-state index contributed by atoms with van der Waals surface area (Å²) in [4.78, 5) is 23.7. The molecule has 0 unspecified atom stereocenters. The van der Waals surface area contributed by atoms with E-state index in [1.54, 1.807) is 6.07 Å². The van der Waals surface area contributed by atoms with Gasteiger partial charge >= 0.3 is 0 Å². The van der Waals surface area contributed by atoms with Crippen molar-refractivity contribution in [2.24, 2.45) is 0 Å². The van der Waals surface area contributed by atoms with Crippen molar-refractivity contribution < 1.29 is 14.3 Å². The van der Waals surface area contributed by atoms with Crippen molar-refractivity contribution in [1.29, 1.82) is 0 Å². The fourth-order valence-corrected chi connectivity index (χ4v) is 2.79. The number of hydrazine groups is 1. The molecule has 2 rings (SSSR count). The number of amides is 2. The van der Waals surface area contributed by atoms with Crippen molar-refractivity contribution in [2.45, 2.75) is 6.92 Å². The minimum Gasteiger partial charge on any atom is -0.483 e. The molecule has 0 aliphatic carbocycles. The second-order valence-electron chi connectivity index (χ2n) is 4.82. The summed E-state index contributed by atoms with van der Waals surface area (Å²) < 4.78 is 6.32. The molecule has 0 saturated heterocycles. The van der Waals surface area contributed by atoms with E-state index in [0.29, 0.717) is 10.8 Å². The molecule has 5 nitrogen and oxygen atoms in total. The number of carbonyl (C=O) groups excluding carboxylic acids is 2. The predicted octanol–water partition coefficient (Wildman–Crippen LogP) is 3.90. The molecule has 126 valence electrons. The van der Waals surface area contributed by atoms with Crippen LogP contribution in [0, 0.1) is 6.92 Å².